The average Bonchev–Trinajstić information content (AvgIpc) is 2.81. The molecule has 2 aromatic carbocycles. The van der Waals surface area contributed by atoms with Crippen molar-refractivity contribution in [2.75, 3.05) is 10.1 Å². The Labute approximate surface area is 150 Å². The van der Waals surface area contributed by atoms with Crippen molar-refractivity contribution in [1.82, 2.24) is 5.32 Å². The summed E-state index contributed by atoms with van der Waals surface area (Å²) in [6.07, 6.45) is 0. The number of carbonyl (C=O) groups excluding carboxylic acids is 2. The number of amides is 2. The molecule has 26 heavy (non-hydrogen) atoms. The first kappa shape index (κ1) is 18.1. The fourth-order valence-corrected chi connectivity index (χ4v) is 4.59. The van der Waals surface area contributed by atoms with E-state index in [4.69, 9.17) is 0 Å². The Hall–Kier alpha value is -2.74. The number of hydrogen-bond acceptors (Lipinski definition) is 4. The Morgan fingerprint density at radius 2 is 1.96 bits per heavy atom. The van der Waals surface area contributed by atoms with E-state index in [0.29, 0.717) is 5.56 Å². The number of benzene rings is 2. The number of sulfonamides is 1. The third-order valence-corrected chi connectivity index (χ3v) is 5.97. The molecule has 0 spiro atoms. The largest absolute Gasteiger partial charge is 0.348 e. The summed E-state index contributed by atoms with van der Waals surface area (Å²) in [6.45, 7) is 1.54. The van der Waals surface area contributed by atoms with Gasteiger partial charge in [-0.3, -0.25) is 9.59 Å². The Morgan fingerprint density at radius 1 is 1.23 bits per heavy atom. The number of anilines is 1. The first-order chi connectivity index (χ1) is 12.3. The lowest BCUT2D eigenvalue weighted by Crippen LogP contribution is -2.30. The van der Waals surface area contributed by atoms with Gasteiger partial charge in [0.25, 0.3) is 5.91 Å². The fraction of sp³-hybridized carbons (Fsp3) is 0.222. The number of rotatable bonds is 4. The zero-order chi connectivity index (χ0) is 18.9. The predicted molar refractivity (Wildman–Crippen MR) is 94.4 cm³/mol. The molecule has 6 nitrogen and oxygen atoms in total. The summed E-state index contributed by atoms with van der Waals surface area (Å²) in [6, 6.07) is 11.9. The quantitative estimate of drug-likeness (QED) is 0.885. The van der Waals surface area contributed by atoms with Crippen LogP contribution in [-0.4, -0.2) is 26.0 Å². The van der Waals surface area contributed by atoms with Crippen molar-refractivity contribution in [3.8, 4) is 0 Å². The Balaban J connectivity index is 1.80. The van der Waals surface area contributed by atoms with Crippen molar-refractivity contribution < 1.29 is 22.4 Å². The van der Waals surface area contributed by atoms with Gasteiger partial charge in [-0.1, -0.05) is 31.2 Å². The summed E-state index contributed by atoms with van der Waals surface area (Å²) in [5.74, 6) is -2.32. The molecule has 1 heterocycles. The molecular formula is C18H17FN2O4S. The second kappa shape index (κ2) is 6.87. The van der Waals surface area contributed by atoms with Gasteiger partial charge >= 0.3 is 0 Å². The van der Waals surface area contributed by atoms with E-state index in [0.717, 1.165) is 4.31 Å². The number of nitrogens with zero attached hydrogens (tertiary/aromatic N) is 1. The highest BCUT2D eigenvalue weighted by molar-refractivity contribution is 7.94. The topological polar surface area (TPSA) is 83.6 Å². The number of hydrogen-bond donors (Lipinski definition) is 1. The molecule has 136 valence electrons. The number of carbonyl (C=O) groups is 2. The summed E-state index contributed by atoms with van der Waals surface area (Å²) in [5.41, 5.74) is 0.641. The number of nitrogens with one attached hydrogen (secondary N) is 1. The standard InChI is InChI=1S/C18H17FN2O4S/c1-12-11-26(24,25)21(18(12)23)15-7-4-6-13(9-15)17(22)20-10-14-5-2-3-8-16(14)19/h2-9,12H,10-11H2,1H3,(H,20,22). The van der Waals surface area contributed by atoms with Crippen LogP contribution < -0.4 is 9.62 Å². The van der Waals surface area contributed by atoms with E-state index in [9.17, 15) is 22.4 Å². The van der Waals surface area contributed by atoms with Gasteiger partial charge in [0.05, 0.1) is 17.4 Å². The third-order valence-electron chi connectivity index (χ3n) is 4.10. The highest BCUT2D eigenvalue weighted by Crippen LogP contribution is 2.28. The van der Waals surface area contributed by atoms with Crippen molar-refractivity contribution in [3.63, 3.8) is 0 Å². The average molecular weight is 376 g/mol. The van der Waals surface area contributed by atoms with Crippen molar-refractivity contribution >= 4 is 27.5 Å². The first-order valence-electron chi connectivity index (χ1n) is 7.98. The molecular weight excluding hydrogens is 359 g/mol. The van der Waals surface area contributed by atoms with E-state index in [1.807, 2.05) is 0 Å². The van der Waals surface area contributed by atoms with E-state index in [1.165, 1.54) is 30.3 Å². The van der Waals surface area contributed by atoms with E-state index >= 15 is 0 Å². The molecule has 3 rings (SSSR count). The van der Waals surface area contributed by atoms with Gasteiger partial charge in [0.15, 0.2) is 0 Å². The molecule has 1 aliphatic heterocycles. The molecule has 8 heteroatoms. The monoisotopic (exact) mass is 376 g/mol. The molecule has 1 fully saturated rings. The summed E-state index contributed by atoms with van der Waals surface area (Å²) in [4.78, 5) is 24.5. The fourth-order valence-electron chi connectivity index (χ4n) is 2.78. The van der Waals surface area contributed by atoms with Gasteiger partial charge < -0.3 is 5.32 Å². The SMILES string of the molecule is CC1CS(=O)(=O)N(c2cccc(C(=O)NCc3ccccc3F)c2)C1=O. The Kier molecular flexibility index (Phi) is 4.78. The molecule has 0 aliphatic carbocycles. The maximum atomic E-state index is 13.6. The van der Waals surface area contributed by atoms with Crippen LogP contribution in [0.4, 0.5) is 10.1 Å². The van der Waals surface area contributed by atoms with Crippen LogP contribution in [0.15, 0.2) is 48.5 Å². The Bertz CT molecular complexity index is 975. The van der Waals surface area contributed by atoms with E-state index in [-0.39, 0.29) is 23.5 Å². The summed E-state index contributed by atoms with van der Waals surface area (Å²) >= 11 is 0. The molecule has 1 unspecified atom stereocenters. The van der Waals surface area contributed by atoms with Gasteiger partial charge in [-0.2, -0.15) is 0 Å². The van der Waals surface area contributed by atoms with E-state index < -0.39 is 33.6 Å². The minimum Gasteiger partial charge on any atom is -0.348 e. The van der Waals surface area contributed by atoms with Crippen molar-refractivity contribution in [3.05, 3.63) is 65.5 Å². The van der Waals surface area contributed by atoms with Gasteiger partial charge in [-0.15, -0.1) is 0 Å². The van der Waals surface area contributed by atoms with Crippen molar-refractivity contribution in [2.24, 2.45) is 5.92 Å². The smallest absolute Gasteiger partial charge is 0.251 e. The molecule has 0 saturated carbocycles. The van der Waals surface area contributed by atoms with Crippen molar-refractivity contribution in [1.29, 1.82) is 0 Å². The minimum absolute atomic E-state index is 0.00624. The summed E-state index contributed by atoms with van der Waals surface area (Å²) < 4.78 is 38.7. The molecule has 2 amide bonds. The lowest BCUT2D eigenvalue weighted by atomic mass is 10.1. The number of halogens is 1. The maximum Gasteiger partial charge on any atom is 0.251 e. The van der Waals surface area contributed by atoms with Gasteiger partial charge in [-0.05, 0) is 24.3 Å². The minimum atomic E-state index is -3.74. The van der Waals surface area contributed by atoms with Crippen LogP contribution in [0.3, 0.4) is 0 Å². The van der Waals surface area contributed by atoms with Crippen molar-refractivity contribution in [2.45, 2.75) is 13.5 Å². The van der Waals surface area contributed by atoms with Crippen LogP contribution in [0.25, 0.3) is 0 Å². The van der Waals surface area contributed by atoms with Crippen LogP contribution in [0.2, 0.25) is 0 Å². The van der Waals surface area contributed by atoms with Gasteiger partial charge in [0.1, 0.15) is 5.82 Å². The van der Waals surface area contributed by atoms with Crippen LogP contribution >= 0.6 is 0 Å². The summed E-state index contributed by atoms with van der Waals surface area (Å²) in [7, 11) is -3.74. The second-order valence-electron chi connectivity index (χ2n) is 6.11. The zero-order valence-electron chi connectivity index (χ0n) is 14.0. The second-order valence-corrected chi connectivity index (χ2v) is 7.97. The predicted octanol–water partition coefficient (Wildman–Crippen LogP) is 2.07. The van der Waals surface area contributed by atoms with Gasteiger partial charge in [0, 0.05) is 17.7 Å². The highest BCUT2D eigenvalue weighted by atomic mass is 32.2. The lowest BCUT2D eigenvalue weighted by Gasteiger charge is -2.16. The van der Waals surface area contributed by atoms with E-state index in [1.54, 1.807) is 25.1 Å². The van der Waals surface area contributed by atoms with Gasteiger partial charge in [-0.25, -0.2) is 17.1 Å². The summed E-state index contributed by atoms with van der Waals surface area (Å²) in [5, 5.41) is 2.58. The molecule has 1 N–H and O–H groups in total. The molecule has 1 atom stereocenters. The third kappa shape index (κ3) is 3.45. The highest BCUT2D eigenvalue weighted by Gasteiger charge is 2.42. The molecule has 1 aliphatic rings. The van der Waals surface area contributed by atoms with E-state index in [2.05, 4.69) is 5.32 Å². The molecule has 0 radical (unpaired) electrons. The van der Waals surface area contributed by atoms with Crippen LogP contribution in [-0.2, 0) is 21.4 Å². The molecule has 2 aromatic rings. The molecule has 0 aromatic heterocycles. The lowest BCUT2D eigenvalue weighted by molar-refractivity contribution is -0.119. The van der Waals surface area contributed by atoms with Crippen LogP contribution in [0.5, 0.6) is 0 Å². The van der Waals surface area contributed by atoms with Crippen LogP contribution in [0, 0.1) is 11.7 Å². The molecule has 0 bridgehead atoms. The van der Waals surface area contributed by atoms with Crippen LogP contribution in [0.1, 0.15) is 22.8 Å². The Morgan fingerprint density at radius 3 is 2.62 bits per heavy atom. The van der Waals surface area contributed by atoms with Gasteiger partial charge in [0.2, 0.25) is 15.9 Å². The normalized spacial score (nSPS) is 18.8. The maximum absolute atomic E-state index is 13.6. The molecule has 1 saturated heterocycles. The first-order valence-corrected chi connectivity index (χ1v) is 9.59. The zero-order valence-corrected chi connectivity index (χ0v) is 14.8.